The molecule has 3 rings (SSSR count). The van der Waals surface area contributed by atoms with Crippen LogP contribution in [0.3, 0.4) is 0 Å². The van der Waals surface area contributed by atoms with Gasteiger partial charge in [0.05, 0.1) is 31.6 Å². The summed E-state index contributed by atoms with van der Waals surface area (Å²) in [5.41, 5.74) is 1.91. The summed E-state index contributed by atoms with van der Waals surface area (Å²) in [6, 6.07) is 13.3. The van der Waals surface area contributed by atoms with Crippen molar-refractivity contribution in [2.45, 2.75) is 23.8 Å². The predicted octanol–water partition coefficient (Wildman–Crippen LogP) is 2.55. The van der Waals surface area contributed by atoms with Gasteiger partial charge in [0.1, 0.15) is 5.75 Å². The molecule has 0 aromatic heterocycles. The fraction of sp³-hybridized carbons (Fsp3) is 0.316. The molecule has 138 valence electrons. The summed E-state index contributed by atoms with van der Waals surface area (Å²) in [4.78, 5) is 12.1. The first-order valence-corrected chi connectivity index (χ1v) is 9.72. The Kier molecular flexibility index (Phi) is 5.29. The van der Waals surface area contributed by atoms with E-state index < -0.39 is 22.0 Å². The molecule has 0 aliphatic carbocycles. The normalized spacial score (nSPS) is 17.4. The Morgan fingerprint density at radius 3 is 2.46 bits per heavy atom. The van der Waals surface area contributed by atoms with Crippen LogP contribution in [0.15, 0.2) is 53.4 Å². The number of methoxy groups -OCH3 is 2. The molecule has 0 bridgehead atoms. The van der Waals surface area contributed by atoms with Crippen molar-refractivity contribution in [3.8, 4) is 5.75 Å². The summed E-state index contributed by atoms with van der Waals surface area (Å²) in [6.07, 6.45) is 0.576. The predicted molar refractivity (Wildman–Crippen MR) is 96.4 cm³/mol. The van der Waals surface area contributed by atoms with E-state index in [1.165, 1.54) is 30.7 Å². The molecule has 0 N–H and O–H groups in total. The molecule has 2 aromatic carbocycles. The van der Waals surface area contributed by atoms with Gasteiger partial charge in [-0.05, 0) is 41.8 Å². The number of hydrogen-bond acceptors (Lipinski definition) is 5. The highest BCUT2D eigenvalue weighted by Crippen LogP contribution is 2.36. The van der Waals surface area contributed by atoms with Crippen molar-refractivity contribution in [1.82, 2.24) is 4.31 Å². The third-order valence-electron chi connectivity index (χ3n) is 4.62. The molecule has 1 unspecified atom stereocenters. The molecule has 0 spiro atoms. The third kappa shape index (κ3) is 3.45. The van der Waals surface area contributed by atoms with Crippen LogP contribution in [0.2, 0.25) is 0 Å². The van der Waals surface area contributed by atoms with Crippen molar-refractivity contribution < 1.29 is 22.7 Å². The summed E-state index contributed by atoms with van der Waals surface area (Å²) in [5, 5.41) is 0. The molecule has 1 aliphatic heterocycles. The Morgan fingerprint density at radius 2 is 1.81 bits per heavy atom. The molecular weight excluding hydrogens is 354 g/mol. The van der Waals surface area contributed by atoms with Crippen LogP contribution in [0.5, 0.6) is 5.75 Å². The van der Waals surface area contributed by atoms with Gasteiger partial charge in [0, 0.05) is 6.54 Å². The summed E-state index contributed by atoms with van der Waals surface area (Å²) in [6.45, 7) is 0.313. The number of fused-ring (bicyclic) bond motifs is 1. The van der Waals surface area contributed by atoms with Gasteiger partial charge >= 0.3 is 5.97 Å². The number of nitrogens with zero attached hydrogens (tertiary/aromatic N) is 1. The molecule has 0 radical (unpaired) electrons. The zero-order valence-corrected chi connectivity index (χ0v) is 15.5. The second-order valence-corrected chi connectivity index (χ2v) is 7.93. The van der Waals surface area contributed by atoms with E-state index in [0.29, 0.717) is 18.7 Å². The lowest BCUT2D eigenvalue weighted by Crippen LogP contribution is -2.41. The maximum absolute atomic E-state index is 13.2. The first-order chi connectivity index (χ1) is 12.5. The Bertz CT molecular complexity index is 892. The molecule has 7 heteroatoms. The minimum atomic E-state index is -3.76. The van der Waals surface area contributed by atoms with Crippen molar-refractivity contribution in [1.29, 1.82) is 0 Å². The van der Waals surface area contributed by atoms with E-state index in [9.17, 15) is 13.2 Å². The van der Waals surface area contributed by atoms with Crippen LogP contribution in [-0.4, -0.2) is 39.5 Å². The van der Waals surface area contributed by atoms with Crippen molar-refractivity contribution in [2.75, 3.05) is 20.8 Å². The number of ether oxygens (including phenoxy) is 2. The number of carbonyl (C=O) groups excluding carboxylic acids is 1. The maximum atomic E-state index is 13.2. The van der Waals surface area contributed by atoms with Crippen molar-refractivity contribution >= 4 is 16.0 Å². The van der Waals surface area contributed by atoms with Crippen LogP contribution in [-0.2, 0) is 26.0 Å². The van der Waals surface area contributed by atoms with E-state index in [4.69, 9.17) is 9.47 Å². The van der Waals surface area contributed by atoms with Crippen molar-refractivity contribution in [3.63, 3.8) is 0 Å². The minimum Gasteiger partial charge on any atom is -0.497 e. The van der Waals surface area contributed by atoms with Gasteiger partial charge in [0.2, 0.25) is 10.0 Å². The van der Waals surface area contributed by atoms with Crippen LogP contribution in [0.25, 0.3) is 0 Å². The fourth-order valence-electron chi connectivity index (χ4n) is 3.25. The molecular formula is C19H21NO5S. The van der Waals surface area contributed by atoms with Gasteiger partial charge in [-0.15, -0.1) is 0 Å². The van der Waals surface area contributed by atoms with E-state index in [-0.39, 0.29) is 11.3 Å². The standard InChI is InChI=1S/C19H21NO5S/c1-24-15-7-9-16(10-8-15)26(22,23)20-12-11-14-5-3-4-6-17(14)18(20)13-19(21)25-2/h3-10,18H,11-13H2,1-2H3. The summed E-state index contributed by atoms with van der Waals surface area (Å²) in [5.74, 6) is 0.140. The molecule has 2 aromatic rings. The highest BCUT2D eigenvalue weighted by atomic mass is 32.2. The van der Waals surface area contributed by atoms with E-state index in [2.05, 4.69) is 0 Å². The molecule has 1 aliphatic rings. The number of carbonyl (C=O) groups is 1. The average Bonchev–Trinajstić information content (AvgIpc) is 2.68. The monoisotopic (exact) mass is 375 g/mol. The zero-order valence-electron chi connectivity index (χ0n) is 14.7. The van der Waals surface area contributed by atoms with Gasteiger partial charge in [-0.1, -0.05) is 24.3 Å². The maximum Gasteiger partial charge on any atom is 0.307 e. The number of benzene rings is 2. The van der Waals surface area contributed by atoms with Gasteiger partial charge in [0.15, 0.2) is 0 Å². The van der Waals surface area contributed by atoms with Gasteiger partial charge in [-0.2, -0.15) is 4.31 Å². The molecule has 6 nitrogen and oxygen atoms in total. The smallest absolute Gasteiger partial charge is 0.307 e. The SMILES string of the molecule is COC(=O)CC1c2ccccc2CCN1S(=O)(=O)c1ccc(OC)cc1. The fourth-order valence-corrected chi connectivity index (χ4v) is 4.86. The summed E-state index contributed by atoms with van der Waals surface area (Å²) in [7, 11) is -0.933. The van der Waals surface area contributed by atoms with E-state index in [0.717, 1.165) is 11.1 Å². The van der Waals surface area contributed by atoms with Crippen molar-refractivity contribution in [2.24, 2.45) is 0 Å². The lowest BCUT2D eigenvalue weighted by Gasteiger charge is -2.35. The topological polar surface area (TPSA) is 72.9 Å². The van der Waals surface area contributed by atoms with Crippen LogP contribution >= 0.6 is 0 Å². The van der Waals surface area contributed by atoms with E-state index in [1.54, 1.807) is 12.1 Å². The van der Waals surface area contributed by atoms with Gasteiger partial charge in [-0.25, -0.2) is 8.42 Å². The van der Waals surface area contributed by atoms with Crippen LogP contribution in [0.1, 0.15) is 23.6 Å². The second kappa shape index (κ2) is 7.47. The Balaban J connectivity index is 2.01. The summed E-state index contributed by atoms with van der Waals surface area (Å²) < 4.78 is 37.7. The molecule has 0 fully saturated rings. The van der Waals surface area contributed by atoms with Crippen molar-refractivity contribution in [3.05, 3.63) is 59.7 Å². The highest BCUT2D eigenvalue weighted by Gasteiger charge is 2.37. The first kappa shape index (κ1) is 18.4. The number of hydrogen-bond donors (Lipinski definition) is 0. The first-order valence-electron chi connectivity index (χ1n) is 8.28. The quantitative estimate of drug-likeness (QED) is 0.751. The number of esters is 1. The van der Waals surface area contributed by atoms with Crippen LogP contribution < -0.4 is 4.74 Å². The van der Waals surface area contributed by atoms with Crippen LogP contribution in [0.4, 0.5) is 0 Å². The van der Waals surface area contributed by atoms with Gasteiger partial charge < -0.3 is 9.47 Å². The lowest BCUT2D eigenvalue weighted by molar-refractivity contribution is -0.141. The third-order valence-corrected chi connectivity index (χ3v) is 6.54. The molecule has 0 saturated carbocycles. The zero-order chi connectivity index (χ0) is 18.7. The molecule has 1 heterocycles. The second-order valence-electron chi connectivity index (χ2n) is 6.04. The lowest BCUT2D eigenvalue weighted by atomic mass is 9.92. The Hall–Kier alpha value is -2.38. The largest absolute Gasteiger partial charge is 0.497 e. The highest BCUT2D eigenvalue weighted by molar-refractivity contribution is 7.89. The minimum absolute atomic E-state index is 0.0249. The molecule has 26 heavy (non-hydrogen) atoms. The molecule has 0 saturated heterocycles. The Morgan fingerprint density at radius 1 is 1.12 bits per heavy atom. The number of sulfonamides is 1. The average molecular weight is 375 g/mol. The summed E-state index contributed by atoms with van der Waals surface area (Å²) >= 11 is 0. The number of rotatable bonds is 5. The molecule has 0 amide bonds. The van der Waals surface area contributed by atoms with Crippen LogP contribution in [0, 0.1) is 0 Å². The van der Waals surface area contributed by atoms with E-state index in [1.807, 2.05) is 24.3 Å². The Labute approximate surface area is 153 Å². The molecule has 1 atom stereocenters. The van der Waals surface area contributed by atoms with E-state index >= 15 is 0 Å². The van der Waals surface area contributed by atoms with Gasteiger partial charge in [-0.3, -0.25) is 4.79 Å². The van der Waals surface area contributed by atoms with Gasteiger partial charge in [0.25, 0.3) is 0 Å².